The fourth-order valence-corrected chi connectivity index (χ4v) is 3.48. The number of oxime groups is 2. The number of benzene rings is 3. The fourth-order valence-electron chi connectivity index (χ4n) is 3.35. The predicted octanol–water partition coefficient (Wildman–Crippen LogP) is 5.13. The predicted molar refractivity (Wildman–Crippen MR) is 127 cm³/mol. The second kappa shape index (κ2) is 10.8. The third-order valence-electron chi connectivity index (χ3n) is 5.00. The lowest BCUT2D eigenvalue weighted by Gasteiger charge is -2.14. The summed E-state index contributed by atoms with van der Waals surface area (Å²) >= 11 is 5.92. The average molecular weight is 467 g/mol. The summed E-state index contributed by atoms with van der Waals surface area (Å²) < 4.78 is 11.0. The molecular weight excluding hydrogens is 444 g/mol. The van der Waals surface area contributed by atoms with E-state index in [0.29, 0.717) is 30.4 Å². The highest BCUT2D eigenvalue weighted by Crippen LogP contribution is 2.27. The van der Waals surface area contributed by atoms with Crippen LogP contribution in [0, 0.1) is 0 Å². The number of esters is 1. The van der Waals surface area contributed by atoms with E-state index in [4.69, 9.17) is 30.7 Å². The van der Waals surface area contributed by atoms with Crippen LogP contribution in [0.25, 0.3) is 10.8 Å². The average Bonchev–Trinajstić information content (AvgIpc) is 3.31. The summed E-state index contributed by atoms with van der Waals surface area (Å²) in [5, 5.41) is 10.7. The zero-order valence-corrected chi connectivity index (χ0v) is 18.8. The maximum Gasteiger partial charge on any atom is 0.356 e. The first-order chi connectivity index (χ1) is 16.1. The molecule has 0 fully saturated rings. The third kappa shape index (κ3) is 5.81. The minimum absolute atomic E-state index is 0.219. The van der Waals surface area contributed by atoms with Crippen molar-refractivity contribution in [2.75, 3.05) is 13.2 Å². The molecule has 1 aliphatic heterocycles. The van der Waals surface area contributed by atoms with Crippen molar-refractivity contribution in [3.8, 4) is 5.75 Å². The van der Waals surface area contributed by atoms with Gasteiger partial charge in [0.05, 0.1) is 12.8 Å². The van der Waals surface area contributed by atoms with Crippen LogP contribution in [0.3, 0.4) is 0 Å². The first-order valence-electron chi connectivity index (χ1n) is 10.6. The minimum atomic E-state index is -0.462. The fraction of sp³-hybridized carbons (Fsp3) is 0.240. The van der Waals surface area contributed by atoms with Gasteiger partial charge in [0.25, 0.3) is 0 Å². The molecule has 0 bridgehead atoms. The summed E-state index contributed by atoms with van der Waals surface area (Å²) in [5.74, 6) is 0.164. The Morgan fingerprint density at radius 2 is 2.00 bits per heavy atom. The minimum Gasteiger partial charge on any atom is -0.489 e. The van der Waals surface area contributed by atoms with Gasteiger partial charge in [0.2, 0.25) is 0 Å². The van der Waals surface area contributed by atoms with Crippen LogP contribution in [0.4, 0.5) is 0 Å². The molecule has 7 nitrogen and oxygen atoms in total. The van der Waals surface area contributed by atoms with E-state index in [2.05, 4.69) is 10.3 Å². The van der Waals surface area contributed by atoms with Gasteiger partial charge >= 0.3 is 5.97 Å². The van der Waals surface area contributed by atoms with Crippen molar-refractivity contribution in [3.63, 3.8) is 0 Å². The SMILES string of the molecule is CCOC(=O)C1=NO[C@@H](COc2ccc3ccccc3c2/C=N/OCc2ccc(Cl)cc2)C1. The van der Waals surface area contributed by atoms with Crippen molar-refractivity contribution in [1.82, 2.24) is 0 Å². The van der Waals surface area contributed by atoms with Gasteiger partial charge in [-0.15, -0.1) is 0 Å². The summed E-state index contributed by atoms with van der Waals surface area (Å²) in [4.78, 5) is 22.6. The Bertz CT molecular complexity index is 1180. The molecule has 33 heavy (non-hydrogen) atoms. The molecule has 0 N–H and O–H groups in total. The quantitative estimate of drug-likeness (QED) is 0.248. The van der Waals surface area contributed by atoms with Crippen LogP contribution < -0.4 is 4.74 Å². The maximum atomic E-state index is 11.8. The normalized spacial score (nSPS) is 15.3. The second-order valence-corrected chi connectivity index (χ2v) is 7.77. The first-order valence-corrected chi connectivity index (χ1v) is 11.0. The Morgan fingerprint density at radius 1 is 1.18 bits per heavy atom. The smallest absolute Gasteiger partial charge is 0.356 e. The van der Waals surface area contributed by atoms with E-state index in [1.165, 1.54) is 0 Å². The van der Waals surface area contributed by atoms with Crippen molar-refractivity contribution in [1.29, 1.82) is 0 Å². The molecule has 1 heterocycles. The molecule has 0 amide bonds. The highest BCUT2D eigenvalue weighted by Gasteiger charge is 2.27. The van der Waals surface area contributed by atoms with Gasteiger partial charge in [-0.3, -0.25) is 0 Å². The van der Waals surface area contributed by atoms with Crippen molar-refractivity contribution in [3.05, 3.63) is 76.8 Å². The van der Waals surface area contributed by atoms with Crippen LogP contribution in [-0.2, 0) is 25.8 Å². The van der Waals surface area contributed by atoms with Crippen molar-refractivity contribution in [2.24, 2.45) is 10.3 Å². The van der Waals surface area contributed by atoms with Crippen LogP contribution in [0.1, 0.15) is 24.5 Å². The largest absolute Gasteiger partial charge is 0.489 e. The van der Waals surface area contributed by atoms with Crippen LogP contribution >= 0.6 is 11.6 Å². The number of nitrogens with zero attached hydrogens (tertiary/aromatic N) is 2. The Labute approximate surface area is 196 Å². The molecule has 0 aromatic heterocycles. The van der Waals surface area contributed by atoms with Gasteiger partial charge in [0.15, 0.2) is 11.8 Å². The topological polar surface area (TPSA) is 78.7 Å². The summed E-state index contributed by atoms with van der Waals surface area (Å²) in [5.41, 5.74) is 2.01. The molecule has 0 spiro atoms. The number of halogens is 1. The van der Waals surface area contributed by atoms with Gasteiger partial charge in [-0.2, -0.15) is 0 Å². The van der Waals surface area contributed by atoms with E-state index in [-0.39, 0.29) is 18.4 Å². The summed E-state index contributed by atoms with van der Waals surface area (Å²) in [6, 6.07) is 19.2. The highest BCUT2D eigenvalue weighted by atomic mass is 35.5. The molecule has 4 rings (SSSR count). The zero-order valence-electron chi connectivity index (χ0n) is 18.1. The number of carbonyl (C=O) groups is 1. The van der Waals surface area contributed by atoms with E-state index in [0.717, 1.165) is 21.9 Å². The number of carbonyl (C=O) groups excluding carboxylic acids is 1. The lowest BCUT2D eigenvalue weighted by Crippen LogP contribution is -2.22. The summed E-state index contributed by atoms with van der Waals surface area (Å²) in [6.07, 6.45) is 1.60. The van der Waals surface area contributed by atoms with E-state index in [9.17, 15) is 4.79 Å². The van der Waals surface area contributed by atoms with Crippen LogP contribution in [-0.4, -0.2) is 37.2 Å². The van der Waals surface area contributed by atoms with E-state index in [1.54, 1.807) is 13.1 Å². The standard InChI is InChI=1S/C25H23ClN2O5/c1-2-30-25(29)23-13-20(33-28-23)16-31-24-12-9-18-5-3-4-6-21(18)22(24)14-27-32-15-17-7-10-19(26)11-8-17/h3-12,14,20H,2,13,15-16H2,1H3/b27-14+/t20-/m1/s1. The van der Waals surface area contributed by atoms with Crippen molar-refractivity contribution in [2.45, 2.75) is 26.1 Å². The maximum absolute atomic E-state index is 11.8. The van der Waals surface area contributed by atoms with Gasteiger partial charge in [0.1, 0.15) is 19.0 Å². The van der Waals surface area contributed by atoms with Crippen molar-refractivity contribution < 1.29 is 23.9 Å². The van der Waals surface area contributed by atoms with Crippen LogP contribution in [0.5, 0.6) is 5.75 Å². The number of rotatable bonds is 9. The molecule has 0 radical (unpaired) electrons. The number of fused-ring (bicyclic) bond motifs is 1. The van der Waals surface area contributed by atoms with Crippen molar-refractivity contribution >= 4 is 40.3 Å². The Kier molecular flexibility index (Phi) is 7.42. The van der Waals surface area contributed by atoms with Gasteiger partial charge in [0, 0.05) is 17.0 Å². The molecular formula is C25H23ClN2O5. The summed E-state index contributed by atoms with van der Waals surface area (Å²) in [6.45, 7) is 2.57. The molecule has 0 saturated heterocycles. The molecule has 0 unspecified atom stereocenters. The number of hydrogen-bond donors (Lipinski definition) is 0. The van der Waals surface area contributed by atoms with E-state index >= 15 is 0 Å². The molecule has 170 valence electrons. The lowest BCUT2D eigenvalue weighted by atomic mass is 10.0. The molecule has 1 aliphatic rings. The van der Waals surface area contributed by atoms with Crippen LogP contribution in [0.15, 0.2) is 71.0 Å². The molecule has 0 aliphatic carbocycles. The Hall–Kier alpha value is -3.58. The highest BCUT2D eigenvalue weighted by molar-refractivity contribution is 6.36. The van der Waals surface area contributed by atoms with E-state index in [1.807, 2.05) is 60.7 Å². The molecule has 3 aromatic carbocycles. The third-order valence-corrected chi connectivity index (χ3v) is 5.25. The van der Waals surface area contributed by atoms with Gasteiger partial charge in [-0.05, 0) is 41.5 Å². The number of ether oxygens (including phenoxy) is 2. The monoisotopic (exact) mass is 466 g/mol. The van der Waals surface area contributed by atoms with E-state index < -0.39 is 5.97 Å². The van der Waals surface area contributed by atoms with Crippen LogP contribution in [0.2, 0.25) is 5.02 Å². The Balaban J connectivity index is 1.44. The Morgan fingerprint density at radius 3 is 2.82 bits per heavy atom. The summed E-state index contributed by atoms with van der Waals surface area (Å²) in [7, 11) is 0. The number of hydrogen-bond acceptors (Lipinski definition) is 7. The molecule has 1 atom stereocenters. The van der Waals surface area contributed by atoms with Gasteiger partial charge in [-0.25, -0.2) is 4.79 Å². The van der Waals surface area contributed by atoms with Gasteiger partial charge in [-0.1, -0.05) is 64.4 Å². The van der Waals surface area contributed by atoms with Gasteiger partial charge < -0.3 is 19.1 Å². The molecule has 0 saturated carbocycles. The molecule has 8 heteroatoms. The lowest BCUT2D eigenvalue weighted by molar-refractivity contribution is -0.135. The zero-order chi connectivity index (χ0) is 23.0. The second-order valence-electron chi connectivity index (χ2n) is 7.33. The molecule has 3 aromatic rings. The first kappa shape index (κ1) is 22.6.